The Bertz CT molecular complexity index is 924. The minimum absolute atomic E-state index is 0.240. The molecule has 0 aliphatic carbocycles. The zero-order valence-corrected chi connectivity index (χ0v) is 17.6. The lowest BCUT2D eigenvalue weighted by atomic mass is 9.96. The minimum Gasteiger partial charge on any atom is -0.348 e. The summed E-state index contributed by atoms with van der Waals surface area (Å²) in [4.78, 5) is 13.1. The maximum Gasteiger partial charge on any atom is 0.243 e. The number of nitrogens with one attached hydrogen (secondary N) is 1. The van der Waals surface area contributed by atoms with Crippen LogP contribution in [0.1, 0.15) is 46.8 Å². The normalized spacial score (nSPS) is 14.0. The molecule has 5 nitrogen and oxygen atoms in total. The number of carbonyl (C=O) groups is 1. The van der Waals surface area contributed by atoms with Crippen LogP contribution in [0.25, 0.3) is 0 Å². The third-order valence-corrected chi connectivity index (χ3v) is 6.22. The van der Waals surface area contributed by atoms with Gasteiger partial charge in [-0.15, -0.1) is 0 Å². The molecule has 0 aromatic heterocycles. The molecule has 0 aliphatic heterocycles. The molecular formula is C21H28N2O3S. The van der Waals surface area contributed by atoms with E-state index in [-0.39, 0.29) is 11.9 Å². The number of likely N-dealkylation sites (N-methyl/N-ethyl adjacent to an activating group) is 1. The van der Waals surface area contributed by atoms with Gasteiger partial charge in [0.05, 0.1) is 12.3 Å². The number of aryl methyl sites for hydroxylation is 3. The molecule has 0 fully saturated rings. The summed E-state index contributed by atoms with van der Waals surface area (Å²) in [5, 5.41) is 2.99. The lowest BCUT2D eigenvalue weighted by Gasteiger charge is -2.28. The van der Waals surface area contributed by atoms with Crippen molar-refractivity contribution in [2.45, 2.75) is 39.8 Å². The molecule has 2 aromatic rings. The van der Waals surface area contributed by atoms with Crippen molar-refractivity contribution in [1.29, 1.82) is 0 Å². The van der Waals surface area contributed by atoms with Gasteiger partial charge in [0.1, 0.15) is 6.04 Å². The summed E-state index contributed by atoms with van der Waals surface area (Å²) in [5.74, 6) is -0.348. The molecule has 2 aromatic carbocycles. The van der Waals surface area contributed by atoms with Gasteiger partial charge in [0, 0.05) is 7.05 Å². The highest BCUT2D eigenvalue weighted by molar-refractivity contribution is 7.88. The van der Waals surface area contributed by atoms with Crippen LogP contribution < -0.4 is 5.32 Å². The third-order valence-electron chi connectivity index (χ3n) is 4.96. The van der Waals surface area contributed by atoms with Crippen molar-refractivity contribution >= 4 is 15.9 Å². The number of hydrogen-bond acceptors (Lipinski definition) is 3. The Kier molecular flexibility index (Phi) is 6.44. The molecule has 146 valence electrons. The molecular weight excluding hydrogens is 360 g/mol. The average Bonchev–Trinajstić information content (AvgIpc) is 2.58. The number of hydrogen-bond donors (Lipinski definition) is 1. The Morgan fingerprint density at radius 3 is 2.11 bits per heavy atom. The Labute approximate surface area is 162 Å². The first-order valence-corrected chi connectivity index (χ1v) is 10.7. The molecule has 27 heavy (non-hydrogen) atoms. The lowest BCUT2D eigenvalue weighted by molar-refractivity contribution is -0.125. The van der Waals surface area contributed by atoms with Gasteiger partial charge in [-0.05, 0) is 55.5 Å². The van der Waals surface area contributed by atoms with Crippen LogP contribution in [0.3, 0.4) is 0 Å². The van der Waals surface area contributed by atoms with E-state index in [1.165, 1.54) is 12.6 Å². The average molecular weight is 389 g/mol. The number of sulfonamides is 1. The fourth-order valence-electron chi connectivity index (χ4n) is 3.17. The van der Waals surface area contributed by atoms with Crippen molar-refractivity contribution in [3.63, 3.8) is 0 Å². The Balaban J connectivity index is 2.35. The fraction of sp³-hybridized carbons (Fsp3) is 0.381. The van der Waals surface area contributed by atoms with Gasteiger partial charge in [-0.1, -0.05) is 42.5 Å². The number of nitrogens with zero attached hydrogens (tertiary/aromatic N) is 1. The van der Waals surface area contributed by atoms with Gasteiger partial charge in [-0.2, -0.15) is 4.31 Å². The number of benzene rings is 2. The van der Waals surface area contributed by atoms with E-state index < -0.39 is 16.1 Å². The molecule has 0 saturated heterocycles. The van der Waals surface area contributed by atoms with Gasteiger partial charge in [-0.3, -0.25) is 4.79 Å². The predicted octanol–water partition coefficient (Wildman–Crippen LogP) is 3.42. The highest BCUT2D eigenvalue weighted by Gasteiger charge is 2.31. The van der Waals surface area contributed by atoms with Crippen LogP contribution in [-0.2, 0) is 14.8 Å². The molecule has 0 unspecified atom stereocenters. The topological polar surface area (TPSA) is 66.5 Å². The summed E-state index contributed by atoms with van der Waals surface area (Å²) in [5.41, 5.74) is 5.11. The number of amides is 1. The second-order valence-corrected chi connectivity index (χ2v) is 9.16. The van der Waals surface area contributed by atoms with E-state index in [1.807, 2.05) is 26.8 Å². The summed E-state index contributed by atoms with van der Waals surface area (Å²) in [6, 6.07) is 12.0. The van der Waals surface area contributed by atoms with E-state index in [2.05, 4.69) is 24.4 Å². The molecule has 0 bridgehead atoms. The second-order valence-electron chi connectivity index (χ2n) is 7.12. The van der Waals surface area contributed by atoms with Crippen molar-refractivity contribution in [2.24, 2.45) is 0 Å². The second kappa shape index (κ2) is 8.23. The number of rotatable bonds is 6. The van der Waals surface area contributed by atoms with Crippen LogP contribution in [0.5, 0.6) is 0 Å². The molecule has 0 heterocycles. The van der Waals surface area contributed by atoms with Gasteiger partial charge in [-0.25, -0.2) is 8.42 Å². The number of carbonyl (C=O) groups excluding carboxylic acids is 1. The summed E-state index contributed by atoms with van der Waals surface area (Å²) < 4.78 is 25.3. The van der Waals surface area contributed by atoms with Crippen LogP contribution >= 0.6 is 0 Å². The van der Waals surface area contributed by atoms with Crippen molar-refractivity contribution in [2.75, 3.05) is 13.3 Å². The molecule has 0 aliphatic rings. The largest absolute Gasteiger partial charge is 0.348 e. The van der Waals surface area contributed by atoms with E-state index in [0.29, 0.717) is 5.56 Å². The molecule has 0 radical (unpaired) electrons. The smallest absolute Gasteiger partial charge is 0.243 e. The summed E-state index contributed by atoms with van der Waals surface area (Å²) in [6.45, 7) is 8.03. The summed E-state index contributed by atoms with van der Waals surface area (Å²) in [7, 11) is -2.11. The maximum absolute atomic E-state index is 13.1. The quantitative estimate of drug-likeness (QED) is 0.824. The molecule has 6 heteroatoms. The zero-order chi connectivity index (χ0) is 20.4. The van der Waals surface area contributed by atoms with E-state index in [4.69, 9.17) is 0 Å². The molecule has 0 spiro atoms. The molecule has 0 saturated carbocycles. The molecule has 1 N–H and O–H groups in total. The van der Waals surface area contributed by atoms with Crippen LogP contribution in [0.2, 0.25) is 0 Å². The van der Waals surface area contributed by atoms with Crippen molar-refractivity contribution in [3.8, 4) is 0 Å². The van der Waals surface area contributed by atoms with E-state index in [0.717, 1.165) is 27.3 Å². The first-order chi connectivity index (χ1) is 12.5. The van der Waals surface area contributed by atoms with Crippen molar-refractivity contribution in [3.05, 3.63) is 70.3 Å². The molecule has 2 atom stereocenters. The van der Waals surface area contributed by atoms with Crippen LogP contribution in [0, 0.1) is 20.8 Å². The van der Waals surface area contributed by atoms with E-state index in [9.17, 15) is 13.2 Å². The first kappa shape index (κ1) is 21.1. The van der Waals surface area contributed by atoms with Gasteiger partial charge >= 0.3 is 0 Å². The van der Waals surface area contributed by atoms with Crippen molar-refractivity contribution in [1.82, 2.24) is 9.62 Å². The summed E-state index contributed by atoms with van der Waals surface area (Å²) in [6.07, 6.45) is 1.10. The third kappa shape index (κ3) is 4.96. The van der Waals surface area contributed by atoms with Crippen LogP contribution in [-0.4, -0.2) is 31.9 Å². The minimum atomic E-state index is -3.54. The van der Waals surface area contributed by atoms with E-state index in [1.54, 1.807) is 24.3 Å². The standard InChI is InChI=1S/C21H28N2O3S/c1-14-12-16(3)19(13-15(14)2)17(4)22-21(24)20(23(5)27(6,25)26)18-10-8-7-9-11-18/h7-13,17,20H,1-6H3,(H,22,24)/t17-,20+/m0/s1. The van der Waals surface area contributed by atoms with Gasteiger partial charge in [0.25, 0.3) is 0 Å². The SMILES string of the molecule is Cc1cc(C)c([C@H](C)NC(=O)[C@@H](c2ccccc2)N(C)S(C)(=O)=O)cc1C. The predicted molar refractivity (Wildman–Crippen MR) is 109 cm³/mol. The highest BCUT2D eigenvalue weighted by Crippen LogP contribution is 2.25. The van der Waals surface area contributed by atoms with Crippen LogP contribution in [0.4, 0.5) is 0 Å². The lowest BCUT2D eigenvalue weighted by Crippen LogP contribution is -2.42. The molecule has 2 rings (SSSR count). The highest BCUT2D eigenvalue weighted by atomic mass is 32.2. The monoisotopic (exact) mass is 388 g/mol. The first-order valence-electron chi connectivity index (χ1n) is 8.88. The van der Waals surface area contributed by atoms with Gasteiger partial charge in [0.15, 0.2) is 0 Å². The Morgan fingerprint density at radius 1 is 1.00 bits per heavy atom. The fourth-order valence-corrected chi connectivity index (χ4v) is 3.77. The van der Waals surface area contributed by atoms with Crippen LogP contribution in [0.15, 0.2) is 42.5 Å². The zero-order valence-electron chi connectivity index (χ0n) is 16.8. The Morgan fingerprint density at radius 2 is 1.56 bits per heavy atom. The van der Waals surface area contributed by atoms with Crippen molar-refractivity contribution < 1.29 is 13.2 Å². The maximum atomic E-state index is 13.1. The molecule has 1 amide bonds. The van der Waals surface area contributed by atoms with Gasteiger partial charge in [0.2, 0.25) is 15.9 Å². The van der Waals surface area contributed by atoms with E-state index >= 15 is 0 Å². The summed E-state index contributed by atoms with van der Waals surface area (Å²) >= 11 is 0. The Hall–Kier alpha value is -2.18. The van der Waals surface area contributed by atoms with Gasteiger partial charge < -0.3 is 5.32 Å².